The van der Waals surface area contributed by atoms with Gasteiger partial charge in [-0.1, -0.05) is 31.2 Å². The monoisotopic (exact) mass is 567 g/mol. The molecule has 1 aromatic heterocycles. The highest BCUT2D eigenvalue weighted by Gasteiger charge is 2.42. The number of likely N-dealkylation sites (tertiary alicyclic amines) is 1. The van der Waals surface area contributed by atoms with E-state index in [0.29, 0.717) is 19.0 Å². The number of hydrogen-bond acceptors (Lipinski definition) is 9. The first-order valence-electron chi connectivity index (χ1n) is 12.2. The van der Waals surface area contributed by atoms with Crippen molar-refractivity contribution >= 4 is 43.2 Å². The summed E-state index contributed by atoms with van der Waals surface area (Å²) in [6.07, 6.45) is 4.27. The summed E-state index contributed by atoms with van der Waals surface area (Å²) in [5.41, 5.74) is 0.0691. The molecule has 2 heterocycles. The van der Waals surface area contributed by atoms with Gasteiger partial charge < -0.3 is 4.90 Å². The van der Waals surface area contributed by atoms with Gasteiger partial charge in [-0.3, -0.25) is 14.3 Å². The molecular formula is C26H25N5O6S2. The van der Waals surface area contributed by atoms with Crippen LogP contribution in [0.3, 0.4) is 0 Å². The number of piperidine rings is 1. The maximum absolute atomic E-state index is 13.6. The molecule has 2 N–H and O–H groups in total. The fourth-order valence-electron chi connectivity index (χ4n) is 4.55. The number of ketones is 2. The van der Waals surface area contributed by atoms with Crippen molar-refractivity contribution in [1.29, 1.82) is 0 Å². The Kier molecular flexibility index (Phi) is 6.95. The van der Waals surface area contributed by atoms with E-state index in [-0.39, 0.29) is 33.4 Å². The van der Waals surface area contributed by atoms with Gasteiger partial charge in [0.25, 0.3) is 20.0 Å². The van der Waals surface area contributed by atoms with Gasteiger partial charge in [0.15, 0.2) is 4.91 Å². The second-order valence-electron chi connectivity index (χ2n) is 9.36. The number of carbonyl (C=O) groups excluding carboxylic acids is 2. The summed E-state index contributed by atoms with van der Waals surface area (Å²) >= 11 is 0. The average molecular weight is 568 g/mol. The highest BCUT2D eigenvalue weighted by atomic mass is 32.2. The highest BCUT2D eigenvalue weighted by Crippen LogP contribution is 2.34. The van der Waals surface area contributed by atoms with Crippen LogP contribution in [0.2, 0.25) is 0 Å². The van der Waals surface area contributed by atoms with Crippen LogP contribution in [-0.2, 0) is 20.0 Å². The summed E-state index contributed by atoms with van der Waals surface area (Å²) < 4.78 is 57.2. The van der Waals surface area contributed by atoms with Gasteiger partial charge in [0, 0.05) is 42.3 Å². The zero-order valence-corrected chi connectivity index (χ0v) is 22.5. The van der Waals surface area contributed by atoms with Crippen molar-refractivity contribution in [1.82, 2.24) is 14.9 Å². The molecule has 1 aliphatic heterocycles. The van der Waals surface area contributed by atoms with Gasteiger partial charge in [-0.25, -0.2) is 31.5 Å². The van der Waals surface area contributed by atoms with E-state index in [9.17, 15) is 26.4 Å². The Bertz CT molecular complexity index is 1680. The smallest absolute Gasteiger partial charge is 0.268 e. The zero-order valence-electron chi connectivity index (χ0n) is 20.9. The number of Topliss-reactive ketones (excluding diaryl/α,β-unsaturated/α-hetero) is 2. The minimum absolute atomic E-state index is 0.0168. The second-order valence-corrected chi connectivity index (χ2v) is 12.7. The Morgan fingerprint density at radius 1 is 0.769 bits per heavy atom. The number of benzene rings is 2. The number of sulfonamides is 2. The number of rotatable bonds is 7. The van der Waals surface area contributed by atoms with Crippen LogP contribution in [0.4, 0.5) is 11.6 Å². The predicted molar refractivity (Wildman–Crippen MR) is 144 cm³/mol. The van der Waals surface area contributed by atoms with Crippen molar-refractivity contribution in [3.8, 4) is 0 Å². The van der Waals surface area contributed by atoms with Crippen LogP contribution in [0.1, 0.15) is 40.5 Å². The van der Waals surface area contributed by atoms with Crippen LogP contribution < -0.4 is 9.44 Å². The predicted octanol–water partition coefficient (Wildman–Crippen LogP) is 3.04. The van der Waals surface area contributed by atoms with E-state index in [2.05, 4.69) is 26.3 Å². The highest BCUT2D eigenvalue weighted by molar-refractivity contribution is 7.97. The number of anilines is 2. The first-order valence-corrected chi connectivity index (χ1v) is 15.1. The Hall–Kier alpha value is -4.10. The van der Waals surface area contributed by atoms with E-state index < -0.39 is 36.5 Å². The van der Waals surface area contributed by atoms with Crippen molar-refractivity contribution in [2.24, 2.45) is 5.92 Å². The molecule has 11 nitrogen and oxygen atoms in total. The normalized spacial score (nSPS) is 16.7. The van der Waals surface area contributed by atoms with Crippen molar-refractivity contribution in [3.05, 3.63) is 88.7 Å². The van der Waals surface area contributed by atoms with Crippen molar-refractivity contribution in [2.75, 3.05) is 22.5 Å². The molecule has 0 radical (unpaired) electrons. The number of nitrogens with zero attached hydrogens (tertiary/aromatic N) is 3. The number of carbonyl (C=O) groups is 2. The fourth-order valence-corrected chi connectivity index (χ4v) is 6.88. The summed E-state index contributed by atoms with van der Waals surface area (Å²) in [5, 5.41) is 0. The maximum atomic E-state index is 13.6. The summed E-state index contributed by atoms with van der Waals surface area (Å²) in [4.78, 5) is 35.6. The Morgan fingerprint density at radius 3 is 1.97 bits per heavy atom. The van der Waals surface area contributed by atoms with E-state index in [1.165, 1.54) is 54.9 Å². The summed E-state index contributed by atoms with van der Waals surface area (Å²) in [6.45, 7) is 2.98. The SMILES string of the molecule is CC1CCN(C2=C(S(=O)(=O)Nc3ccc(S(=O)(=O)Nc4ncccn4)cc3)C(=O)c3ccccc3C2=O)CC1. The van der Waals surface area contributed by atoms with E-state index >= 15 is 0 Å². The van der Waals surface area contributed by atoms with E-state index in [1.807, 2.05) is 0 Å². The summed E-state index contributed by atoms with van der Waals surface area (Å²) in [5.74, 6) is -0.984. The van der Waals surface area contributed by atoms with Crippen molar-refractivity contribution < 1.29 is 26.4 Å². The number of aromatic nitrogens is 2. The summed E-state index contributed by atoms with van der Waals surface area (Å²) in [7, 11) is -8.58. The molecule has 0 bridgehead atoms. The fraction of sp³-hybridized carbons (Fsp3) is 0.231. The van der Waals surface area contributed by atoms with Gasteiger partial charge in [-0.15, -0.1) is 0 Å². The van der Waals surface area contributed by atoms with Crippen molar-refractivity contribution in [3.63, 3.8) is 0 Å². The van der Waals surface area contributed by atoms with Gasteiger partial charge in [-0.2, -0.15) is 0 Å². The van der Waals surface area contributed by atoms with Crippen LogP contribution in [0, 0.1) is 5.92 Å². The Labute approximate surface area is 226 Å². The quantitative estimate of drug-likeness (QED) is 0.438. The van der Waals surface area contributed by atoms with E-state index in [1.54, 1.807) is 17.0 Å². The van der Waals surface area contributed by atoms with Crippen LogP contribution >= 0.6 is 0 Å². The zero-order chi connectivity index (χ0) is 27.8. The first-order chi connectivity index (χ1) is 18.6. The van der Waals surface area contributed by atoms with Crippen molar-refractivity contribution in [2.45, 2.75) is 24.7 Å². The lowest BCUT2D eigenvalue weighted by atomic mass is 9.90. The maximum Gasteiger partial charge on any atom is 0.268 e. The third-order valence-corrected chi connectivity index (χ3v) is 9.39. The molecule has 0 atom stereocenters. The minimum Gasteiger partial charge on any atom is -0.367 e. The van der Waals surface area contributed by atoms with Gasteiger partial charge in [-0.05, 0) is 49.1 Å². The lowest BCUT2D eigenvalue weighted by Gasteiger charge is -2.35. The lowest BCUT2D eigenvalue weighted by Crippen LogP contribution is -2.41. The van der Waals surface area contributed by atoms with Crippen LogP contribution in [-0.4, -0.2) is 56.4 Å². The molecule has 0 amide bonds. The molecule has 1 fully saturated rings. The Balaban J connectivity index is 1.48. The topological polar surface area (TPSA) is 156 Å². The molecule has 0 unspecified atom stereocenters. The molecule has 13 heteroatoms. The van der Waals surface area contributed by atoms with E-state index in [4.69, 9.17) is 0 Å². The minimum atomic E-state index is -4.54. The molecule has 39 heavy (non-hydrogen) atoms. The summed E-state index contributed by atoms with van der Waals surface area (Å²) in [6, 6.07) is 12.6. The third kappa shape index (κ3) is 5.27. The van der Waals surface area contributed by atoms with Gasteiger partial charge >= 0.3 is 0 Å². The second kappa shape index (κ2) is 10.2. The van der Waals surface area contributed by atoms with E-state index in [0.717, 1.165) is 12.8 Å². The molecule has 0 saturated carbocycles. The van der Waals surface area contributed by atoms with Gasteiger partial charge in [0.05, 0.1) is 4.90 Å². The number of hydrogen-bond donors (Lipinski definition) is 2. The number of fused-ring (bicyclic) bond motifs is 1. The molecule has 1 aliphatic carbocycles. The van der Waals surface area contributed by atoms with Crippen LogP contribution in [0.5, 0.6) is 0 Å². The average Bonchev–Trinajstić information content (AvgIpc) is 2.91. The molecule has 5 rings (SSSR count). The molecule has 2 aliphatic rings. The number of nitrogens with one attached hydrogen (secondary N) is 2. The Morgan fingerprint density at radius 2 is 1.36 bits per heavy atom. The molecule has 0 spiro atoms. The molecule has 3 aromatic rings. The third-order valence-electron chi connectivity index (χ3n) is 6.63. The standard InChI is InChI=1S/C26H25N5O6S2/c1-17-11-15-31(16-12-17)22-23(32)20-5-2-3-6-21(20)24(33)25(22)39(36,37)29-18-7-9-19(10-8-18)38(34,35)30-26-27-13-4-14-28-26/h2-10,13-14,17,29H,11-12,15-16H2,1H3,(H,27,28,30). The van der Waals surface area contributed by atoms with Crippen LogP contribution in [0.25, 0.3) is 0 Å². The largest absolute Gasteiger partial charge is 0.367 e. The van der Waals surface area contributed by atoms with Gasteiger partial charge in [0.1, 0.15) is 5.70 Å². The van der Waals surface area contributed by atoms with Gasteiger partial charge in [0.2, 0.25) is 17.5 Å². The first kappa shape index (κ1) is 26.5. The molecule has 202 valence electrons. The number of allylic oxidation sites excluding steroid dienone is 2. The molecule has 2 aromatic carbocycles. The molecule has 1 saturated heterocycles. The lowest BCUT2D eigenvalue weighted by molar-refractivity contribution is 0.0933. The van der Waals surface area contributed by atoms with Crippen LogP contribution in [0.15, 0.2) is 82.5 Å². The molecular weight excluding hydrogens is 542 g/mol.